The predicted octanol–water partition coefficient (Wildman–Crippen LogP) is 0.275. The Labute approximate surface area is 121 Å². The first-order chi connectivity index (χ1) is 10.1. The van der Waals surface area contributed by atoms with Crippen molar-refractivity contribution in [1.82, 2.24) is 15.3 Å². The summed E-state index contributed by atoms with van der Waals surface area (Å²) in [6.45, 7) is -0.0170. The van der Waals surface area contributed by atoms with Crippen molar-refractivity contribution in [2.45, 2.75) is 6.10 Å². The minimum Gasteiger partial charge on any atom is -0.385 e. The Morgan fingerprint density at radius 3 is 2.90 bits per heavy atom. The van der Waals surface area contributed by atoms with Gasteiger partial charge in [-0.25, -0.2) is 4.98 Å². The van der Waals surface area contributed by atoms with Crippen LogP contribution in [0.4, 0.5) is 5.82 Å². The fourth-order valence-electron chi connectivity index (χ4n) is 1.84. The van der Waals surface area contributed by atoms with Crippen molar-refractivity contribution >= 4 is 11.7 Å². The van der Waals surface area contributed by atoms with Crippen molar-refractivity contribution in [2.75, 3.05) is 18.9 Å². The number of nitrogens with zero attached hydrogens (tertiary/aromatic N) is 1. The number of aliphatic hydroxyl groups is 1. The molecule has 0 saturated heterocycles. The minimum absolute atomic E-state index is 0.0170. The Morgan fingerprint density at radius 2 is 2.19 bits per heavy atom. The van der Waals surface area contributed by atoms with E-state index in [0.717, 1.165) is 0 Å². The van der Waals surface area contributed by atoms with Gasteiger partial charge in [-0.05, 0) is 18.2 Å². The Hall–Kier alpha value is -2.67. The van der Waals surface area contributed by atoms with Crippen molar-refractivity contribution in [1.29, 1.82) is 0 Å². The van der Waals surface area contributed by atoms with E-state index in [1.54, 1.807) is 37.5 Å². The molecule has 2 rings (SSSR count). The highest BCUT2D eigenvalue weighted by Gasteiger charge is 2.14. The molecule has 1 atom stereocenters. The zero-order valence-electron chi connectivity index (χ0n) is 11.5. The summed E-state index contributed by atoms with van der Waals surface area (Å²) in [5, 5.41) is 15.4. The second-order valence-electron chi connectivity index (χ2n) is 4.35. The van der Waals surface area contributed by atoms with E-state index in [9.17, 15) is 14.7 Å². The van der Waals surface area contributed by atoms with Gasteiger partial charge >= 0.3 is 0 Å². The van der Waals surface area contributed by atoms with Gasteiger partial charge in [-0.3, -0.25) is 9.59 Å². The molecule has 0 aliphatic rings. The molecule has 7 nitrogen and oxygen atoms in total. The molecule has 2 aromatic rings. The number of pyridine rings is 2. The molecule has 110 valence electrons. The van der Waals surface area contributed by atoms with Gasteiger partial charge in [-0.1, -0.05) is 6.07 Å². The lowest BCUT2D eigenvalue weighted by molar-refractivity contribution is 0.0914. The number of rotatable bonds is 5. The Morgan fingerprint density at radius 1 is 1.38 bits per heavy atom. The molecule has 1 unspecified atom stereocenters. The number of aromatic nitrogens is 2. The summed E-state index contributed by atoms with van der Waals surface area (Å²) in [5.41, 5.74) is 0.430. The van der Waals surface area contributed by atoms with Crippen molar-refractivity contribution in [2.24, 2.45) is 0 Å². The first-order valence-electron chi connectivity index (χ1n) is 6.40. The summed E-state index contributed by atoms with van der Waals surface area (Å²) in [6, 6.07) is 7.76. The second kappa shape index (κ2) is 6.67. The summed E-state index contributed by atoms with van der Waals surface area (Å²) in [5.74, 6) is 0.0994. The van der Waals surface area contributed by atoms with Crippen LogP contribution in [0.5, 0.6) is 0 Å². The molecule has 1 amide bonds. The van der Waals surface area contributed by atoms with Crippen LogP contribution < -0.4 is 16.2 Å². The summed E-state index contributed by atoms with van der Waals surface area (Å²) in [6.07, 6.45) is 0.587. The van der Waals surface area contributed by atoms with E-state index < -0.39 is 6.10 Å². The third kappa shape index (κ3) is 3.67. The smallest absolute Gasteiger partial charge is 0.255 e. The van der Waals surface area contributed by atoms with E-state index >= 15 is 0 Å². The van der Waals surface area contributed by atoms with E-state index in [1.165, 1.54) is 6.07 Å². The van der Waals surface area contributed by atoms with Crippen molar-refractivity contribution in [3.8, 4) is 0 Å². The van der Waals surface area contributed by atoms with E-state index in [1.807, 2.05) is 0 Å². The first-order valence-corrected chi connectivity index (χ1v) is 6.40. The van der Waals surface area contributed by atoms with Crippen LogP contribution in [0.3, 0.4) is 0 Å². The number of hydrogen-bond donors (Lipinski definition) is 4. The number of carbonyl (C=O) groups is 1. The van der Waals surface area contributed by atoms with Gasteiger partial charge in [0.05, 0.1) is 5.56 Å². The van der Waals surface area contributed by atoms with Gasteiger partial charge < -0.3 is 20.7 Å². The van der Waals surface area contributed by atoms with E-state index in [4.69, 9.17) is 0 Å². The van der Waals surface area contributed by atoms with Crippen LogP contribution in [0.1, 0.15) is 22.2 Å². The maximum Gasteiger partial charge on any atom is 0.255 e. The minimum atomic E-state index is -0.988. The highest BCUT2D eigenvalue weighted by Crippen LogP contribution is 2.11. The van der Waals surface area contributed by atoms with E-state index in [2.05, 4.69) is 20.6 Å². The maximum absolute atomic E-state index is 12.1. The average Bonchev–Trinajstić information content (AvgIpc) is 2.52. The molecule has 0 fully saturated rings. The summed E-state index contributed by atoms with van der Waals surface area (Å²) >= 11 is 0. The number of nitrogens with one attached hydrogen (secondary N) is 3. The van der Waals surface area contributed by atoms with E-state index in [0.29, 0.717) is 17.1 Å². The predicted molar refractivity (Wildman–Crippen MR) is 78.1 cm³/mol. The zero-order chi connectivity index (χ0) is 15.2. The van der Waals surface area contributed by atoms with Gasteiger partial charge in [-0.2, -0.15) is 0 Å². The molecule has 0 bridgehead atoms. The summed E-state index contributed by atoms with van der Waals surface area (Å²) in [7, 11) is 1.67. The molecule has 2 aromatic heterocycles. The molecule has 0 aliphatic carbocycles. The highest BCUT2D eigenvalue weighted by atomic mass is 16.3. The zero-order valence-corrected chi connectivity index (χ0v) is 11.5. The molecule has 2 heterocycles. The van der Waals surface area contributed by atoms with Crippen LogP contribution in [0.15, 0.2) is 41.3 Å². The Bertz CT molecular complexity index is 684. The first kappa shape index (κ1) is 14.7. The molecule has 7 heteroatoms. The average molecular weight is 288 g/mol. The van der Waals surface area contributed by atoms with Crippen LogP contribution in [0.25, 0.3) is 0 Å². The van der Waals surface area contributed by atoms with Gasteiger partial charge in [0.1, 0.15) is 11.9 Å². The summed E-state index contributed by atoms with van der Waals surface area (Å²) in [4.78, 5) is 29.8. The van der Waals surface area contributed by atoms with Gasteiger partial charge in [-0.15, -0.1) is 0 Å². The van der Waals surface area contributed by atoms with Gasteiger partial charge in [0.25, 0.3) is 5.91 Å². The van der Waals surface area contributed by atoms with Crippen LogP contribution in [-0.4, -0.2) is 34.6 Å². The standard InChI is InChI=1S/C14H16N4O3/c1-15-13-9(4-3-7-16-13)14(21)17-8-11(19)10-5-2-6-12(20)18-10/h2-7,11,19H,8H2,1H3,(H,15,16)(H,17,21)(H,18,20). The van der Waals surface area contributed by atoms with Gasteiger partial charge in [0, 0.05) is 31.5 Å². The number of aliphatic hydroxyl groups excluding tert-OH is 1. The quantitative estimate of drug-likeness (QED) is 0.632. The van der Waals surface area contributed by atoms with E-state index in [-0.39, 0.29) is 18.0 Å². The molecule has 0 saturated carbocycles. The molecule has 0 aliphatic heterocycles. The Kier molecular flexibility index (Phi) is 4.68. The van der Waals surface area contributed by atoms with Crippen LogP contribution in [0.2, 0.25) is 0 Å². The number of anilines is 1. The molecule has 0 spiro atoms. The third-order valence-electron chi connectivity index (χ3n) is 2.90. The number of hydrogen-bond acceptors (Lipinski definition) is 5. The number of aromatic amines is 1. The Balaban J connectivity index is 2.02. The molecule has 0 radical (unpaired) electrons. The lowest BCUT2D eigenvalue weighted by Gasteiger charge is -2.13. The lowest BCUT2D eigenvalue weighted by atomic mass is 10.2. The molecular formula is C14H16N4O3. The van der Waals surface area contributed by atoms with Crippen molar-refractivity contribution in [3.63, 3.8) is 0 Å². The maximum atomic E-state index is 12.1. The molecule has 0 aromatic carbocycles. The highest BCUT2D eigenvalue weighted by molar-refractivity contribution is 5.98. The third-order valence-corrected chi connectivity index (χ3v) is 2.90. The SMILES string of the molecule is CNc1ncccc1C(=O)NCC(O)c1cccc(=O)[nH]1. The fourth-order valence-corrected chi connectivity index (χ4v) is 1.84. The molecule has 21 heavy (non-hydrogen) atoms. The van der Waals surface area contributed by atoms with Crippen LogP contribution in [0, 0.1) is 0 Å². The largest absolute Gasteiger partial charge is 0.385 e. The molecular weight excluding hydrogens is 272 g/mol. The van der Waals surface area contributed by atoms with Gasteiger partial charge in [0.15, 0.2) is 0 Å². The topological polar surface area (TPSA) is 107 Å². The number of carbonyl (C=O) groups excluding carboxylic acids is 1. The summed E-state index contributed by atoms with van der Waals surface area (Å²) < 4.78 is 0. The fraction of sp³-hybridized carbons (Fsp3) is 0.214. The van der Waals surface area contributed by atoms with Crippen LogP contribution >= 0.6 is 0 Å². The molecule has 4 N–H and O–H groups in total. The van der Waals surface area contributed by atoms with Crippen molar-refractivity contribution in [3.05, 3.63) is 58.1 Å². The second-order valence-corrected chi connectivity index (χ2v) is 4.35. The normalized spacial score (nSPS) is 11.7. The monoisotopic (exact) mass is 288 g/mol. The number of amides is 1. The van der Waals surface area contributed by atoms with Crippen LogP contribution in [-0.2, 0) is 0 Å². The van der Waals surface area contributed by atoms with Gasteiger partial charge in [0.2, 0.25) is 5.56 Å². The number of H-pyrrole nitrogens is 1. The lowest BCUT2D eigenvalue weighted by Crippen LogP contribution is -2.30. The van der Waals surface area contributed by atoms with Crippen molar-refractivity contribution < 1.29 is 9.90 Å².